The second-order valence-corrected chi connectivity index (χ2v) is 5.57. The van der Waals surface area contributed by atoms with Crippen LogP contribution in [0.25, 0.3) is 10.9 Å². The lowest BCUT2D eigenvalue weighted by Gasteiger charge is -2.07. The first-order chi connectivity index (χ1) is 10.2. The monoisotopic (exact) mass is 279 g/mol. The molecule has 0 amide bonds. The van der Waals surface area contributed by atoms with Crippen LogP contribution in [0.3, 0.4) is 0 Å². The first-order valence-electron chi connectivity index (χ1n) is 7.34. The number of aromatic nitrogens is 2. The average molecular weight is 279 g/mol. The Morgan fingerprint density at radius 1 is 1.05 bits per heavy atom. The van der Waals surface area contributed by atoms with Crippen molar-refractivity contribution >= 4 is 10.9 Å². The minimum absolute atomic E-state index is 0.792. The first kappa shape index (κ1) is 13.8. The zero-order valence-electron chi connectivity index (χ0n) is 12.9. The van der Waals surface area contributed by atoms with Gasteiger partial charge in [0.2, 0.25) is 0 Å². The number of fused-ring (bicyclic) bond motifs is 1. The fourth-order valence-corrected chi connectivity index (χ4v) is 2.69. The van der Waals surface area contributed by atoms with E-state index in [1.54, 1.807) is 0 Å². The molecule has 1 N–H and O–H groups in total. The Labute approximate surface area is 125 Å². The molecule has 108 valence electrons. The van der Waals surface area contributed by atoms with Crippen LogP contribution in [-0.4, -0.2) is 16.8 Å². The Bertz CT molecular complexity index is 771. The van der Waals surface area contributed by atoms with Gasteiger partial charge in [-0.2, -0.15) is 5.10 Å². The molecule has 2 aromatic carbocycles. The standard InChI is InChI=1S/C18H21N3/c1-13-8-9-15(10-14(13)2)12-21-18-7-5-4-6-16(18)17(20-21)11-19-3/h4-10,19H,11-12H2,1-3H3. The molecule has 0 saturated heterocycles. The zero-order chi connectivity index (χ0) is 14.8. The van der Waals surface area contributed by atoms with Crippen molar-refractivity contribution in [2.45, 2.75) is 26.9 Å². The van der Waals surface area contributed by atoms with Crippen molar-refractivity contribution in [3.8, 4) is 0 Å². The molecule has 0 unspecified atom stereocenters. The van der Waals surface area contributed by atoms with Crippen molar-refractivity contribution < 1.29 is 0 Å². The van der Waals surface area contributed by atoms with Crippen molar-refractivity contribution in [2.75, 3.05) is 7.05 Å². The average Bonchev–Trinajstić information content (AvgIpc) is 2.82. The molecule has 0 aliphatic heterocycles. The Hall–Kier alpha value is -2.13. The molecule has 1 heterocycles. The summed E-state index contributed by atoms with van der Waals surface area (Å²) >= 11 is 0. The molecular weight excluding hydrogens is 258 g/mol. The summed E-state index contributed by atoms with van der Waals surface area (Å²) in [6.45, 7) is 5.91. The Balaban J connectivity index is 2.01. The molecule has 3 heteroatoms. The number of nitrogens with one attached hydrogen (secondary N) is 1. The van der Waals surface area contributed by atoms with E-state index >= 15 is 0 Å². The summed E-state index contributed by atoms with van der Waals surface area (Å²) < 4.78 is 2.10. The molecule has 0 fully saturated rings. The van der Waals surface area contributed by atoms with Gasteiger partial charge in [0.05, 0.1) is 17.8 Å². The maximum absolute atomic E-state index is 4.78. The van der Waals surface area contributed by atoms with E-state index in [0.29, 0.717) is 0 Å². The highest BCUT2D eigenvalue weighted by Crippen LogP contribution is 2.20. The van der Waals surface area contributed by atoms with Gasteiger partial charge in [-0.25, -0.2) is 0 Å². The Kier molecular flexibility index (Phi) is 3.76. The molecule has 0 aliphatic carbocycles. The molecule has 0 bridgehead atoms. The van der Waals surface area contributed by atoms with Crippen LogP contribution in [0, 0.1) is 13.8 Å². The lowest BCUT2D eigenvalue weighted by Crippen LogP contribution is -2.07. The normalized spacial score (nSPS) is 11.2. The van der Waals surface area contributed by atoms with Crippen LogP contribution in [0.15, 0.2) is 42.5 Å². The van der Waals surface area contributed by atoms with E-state index in [9.17, 15) is 0 Å². The van der Waals surface area contributed by atoms with Crippen molar-refractivity contribution in [1.82, 2.24) is 15.1 Å². The molecule has 3 aromatic rings. The summed E-state index contributed by atoms with van der Waals surface area (Å²) in [4.78, 5) is 0. The third-order valence-electron chi connectivity index (χ3n) is 3.98. The van der Waals surface area contributed by atoms with Crippen LogP contribution in [0.5, 0.6) is 0 Å². The fourth-order valence-electron chi connectivity index (χ4n) is 2.69. The minimum Gasteiger partial charge on any atom is -0.314 e. The maximum atomic E-state index is 4.78. The number of nitrogens with zero attached hydrogens (tertiary/aromatic N) is 2. The SMILES string of the molecule is CNCc1nn(Cc2ccc(C)c(C)c2)c2ccccc12. The summed E-state index contributed by atoms with van der Waals surface area (Å²) in [6.07, 6.45) is 0. The molecule has 0 aliphatic rings. The molecule has 0 saturated carbocycles. The van der Waals surface area contributed by atoms with Gasteiger partial charge in [0.15, 0.2) is 0 Å². The second kappa shape index (κ2) is 5.70. The highest BCUT2D eigenvalue weighted by Gasteiger charge is 2.09. The molecule has 3 nitrogen and oxygen atoms in total. The third kappa shape index (κ3) is 2.69. The van der Waals surface area contributed by atoms with Crippen molar-refractivity contribution in [3.63, 3.8) is 0 Å². The third-order valence-corrected chi connectivity index (χ3v) is 3.98. The molecule has 0 radical (unpaired) electrons. The van der Waals surface area contributed by atoms with E-state index in [0.717, 1.165) is 18.8 Å². The number of rotatable bonds is 4. The fraction of sp³-hybridized carbons (Fsp3) is 0.278. The summed E-state index contributed by atoms with van der Waals surface area (Å²) in [5.41, 5.74) is 6.26. The van der Waals surface area contributed by atoms with Gasteiger partial charge in [-0.1, -0.05) is 36.4 Å². The van der Waals surface area contributed by atoms with Crippen LogP contribution in [0.4, 0.5) is 0 Å². The smallest absolute Gasteiger partial charge is 0.0841 e. The summed E-state index contributed by atoms with van der Waals surface area (Å²) in [5, 5.41) is 9.21. The minimum atomic E-state index is 0.792. The van der Waals surface area contributed by atoms with Gasteiger partial charge >= 0.3 is 0 Å². The van der Waals surface area contributed by atoms with Crippen LogP contribution < -0.4 is 5.32 Å². The molecular formula is C18H21N3. The highest BCUT2D eigenvalue weighted by molar-refractivity contribution is 5.82. The quantitative estimate of drug-likeness (QED) is 0.793. The lowest BCUT2D eigenvalue weighted by atomic mass is 10.1. The van der Waals surface area contributed by atoms with Gasteiger partial charge < -0.3 is 5.32 Å². The molecule has 21 heavy (non-hydrogen) atoms. The topological polar surface area (TPSA) is 29.9 Å². The first-order valence-corrected chi connectivity index (χ1v) is 7.34. The van der Waals surface area contributed by atoms with E-state index in [2.05, 4.69) is 66.3 Å². The van der Waals surface area contributed by atoms with Crippen molar-refractivity contribution in [3.05, 3.63) is 64.8 Å². The van der Waals surface area contributed by atoms with Gasteiger partial charge in [-0.15, -0.1) is 0 Å². The van der Waals surface area contributed by atoms with Gasteiger partial charge in [0, 0.05) is 11.9 Å². The number of aryl methyl sites for hydroxylation is 2. The Morgan fingerprint density at radius 2 is 1.86 bits per heavy atom. The van der Waals surface area contributed by atoms with Crippen LogP contribution in [0.1, 0.15) is 22.4 Å². The summed E-state index contributed by atoms with van der Waals surface area (Å²) in [6, 6.07) is 15.1. The van der Waals surface area contributed by atoms with E-state index in [1.165, 1.54) is 27.6 Å². The van der Waals surface area contributed by atoms with Gasteiger partial charge in [-0.05, 0) is 43.7 Å². The largest absolute Gasteiger partial charge is 0.314 e. The molecule has 3 rings (SSSR count). The van der Waals surface area contributed by atoms with Crippen LogP contribution in [0.2, 0.25) is 0 Å². The predicted octanol–water partition coefficient (Wildman–Crippen LogP) is 3.42. The molecule has 0 spiro atoms. The number of hydrogen-bond acceptors (Lipinski definition) is 2. The van der Waals surface area contributed by atoms with Crippen molar-refractivity contribution in [2.24, 2.45) is 0 Å². The summed E-state index contributed by atoms with van der Waals surface area (Å²) in [7, 11) is 1.96. The van der Waals surface area contributed by atoms with Gasteiger partial charge in [0.25, 0.3) is 0 Å². The number of para-hydroxylation sites is 1. The Morgan fingerprint density at radius 3 is 2.62 bits per heavy atom. The van der Waals surface area contributed by atoms with Crippen LogP contribution >= 0.6 is 0 Å². The van der Waals surface area contributed by atoms with E-state index in [-0.39, 0.29) is 0 Å². The van der Waals surface area contributed by atoms with E-state index < -0.39 is 0 Å². The predicted molar refractivity (Wildman–Crippen MR) is 87.5 cm³/mol. The van der Waals surface area contributed by atoms with Crippen molar-refractivity contribution in [1.29, 1.82) is 0 Å². The van der Waals surface area contributed by atoms with E-state index in [4.69, 9.17) is 5.10 Å². The summed E-state index contributed by atoms with van der Waals surface area (Å²) in [5.74, 6) is 0. The molecule has 0 atom stereocenters. The zero-order valence-corrected chi connectivity index (χ0v) is 12.9. The van der Waals surface area contributed by atoms with Gasteiger partial charge in [-0.3, -0.25) is 4.68 Å². The molecule has 1 aromatic heterocycles. The number of benzene rings is 2. The second-order valence-electron chi connectivity index (χ2n) is 5.57. The van der Waals surface area contributed by atoms with E-state index in [1.807, 2.05) is 7.05 Å². The lowest BCUT2D eigenvalue weighted by molar-refractivity contribution is 0.676. The van der Waals surface area contributed by atoms with Crippen LogP contribution in [-0.2, 0) is 13.1 Å². The van der Waals surface area contributed by atoms with Gasteiger partial charge in [0.1, 0.15) is 0 Å². The maximum Gasteiger partial charge on any atom is 0.0841 e. The number of hydrogen-bond donors (Lipinski definition) is 1. The highest BCUT2D eigenvalue weighted by atomic mass is 15.3.